The van der Waals surface area contributed by atoms with Gasteiger partial charge in [0, 0.05) is 38.4 Å². The number of hydrogen-bond acceptors (Lipinski definition) is 7. The van der Waals surface area contributed by atoms with E-state index >= 15 is 0 Å². The summed E-state index contributed by atoms with van der Waals surface area (Å²) < 4.78 is 28.6. The fraction of sp³-hybridized carbons (Fsp3) is 0.556. The molecule has 0 bridgehead atoms. The Labute approximate surface area is 153 Å². The van der Waals surface area contributed by atoms with Gasteiger partial charge in [0.25, 0.3) is 0 Å². The van der Waals surface area contributed by atoms with Gasteiger partial charge in [-0.15, -0.1) is 0 Å². The summed E-state index contributed by atoms with van der Waals surface area (Å²) in [6.07, 6.45) is 2.33. The van der Waals surface area contributed by atoms with Crippen molar-refractivity contribution in [2.45, 2.75) is 6.42 Å². The third-order valence-corrected chi connectivity index (χ3v) is 7.19. The highest BCUT2D eigenvalue weighted by Gasteiger charge is 2.30. The molecule has 0 radical (unpaired) electrons. The number of sulfone groups is 1. The molecule has 1 atom stereocenters. The average molecular weight is 376 g/mol. The summed E-state index contributed by atoms with van der Waals surface area (Å²) in [6.45, 7) is 4.67. The van der Waals surface area contributed by atoms with Crippen LogP contribution in [0, 0.1) is 5.92 Å². The number of piperazine rings is 1. The Kier molecular flexibility index (Phi) is 4.71. The van der Waals surface area contributed by atoms with Crippen LogP contribution in [0.5, 0.6) is 5.88 Å². The van der Waals surface area contributed by atoms with Crippen LogP contribution in [0.4, 0.5) is 5.69 Å². The molecule has 2 aromatic rings. The molecular formula is C18H24N4O3S. The summed E-state index contributed by atoms with van der Waals surface area (Å²) in [6, 6.07) is 6.19. The van der Waals surface area contributed by atoms with Crippen LogP contribution in [0.2, 0.25) is 0 Å². The zero-order valence-corrected chi connectivity index (χ0v) is 15.8. The summed E-state index contributed by atoms with van der Waals surface area (Å²) in [5, 5.41) is 0.922. The lowest BCUT2D eigenvalue weighted by molar-refractivity contribution is 0.227. The number of anilines is 1. The van der Waals surface area contributed by atoms with Crippen LogP contribution in [-0.2, 0) is 9.84 Å². The van der Waals surface area contributed by atoms with Gasteiger partial charge in [-0.1, -0.05) is 0 Å². The lowest BCUT2D eigenvalue weighted by Crippen LogP contribution is -2.48. The van der Waals surface area contributed by atoms with E-state index in [2.05, 4.69) is 31.9 Å². The highest BCUT2D eigenvalue weighted by Crippen LogP contribution is 2.27. The van der Waals surface area contributed by atoms with E-state index < -0.39 is 9.84 Å². The van der Waals surface area contributed by atoms with Gasteiger partial charge in [0.2, 0.25) is 5.88 Å². The van der Waals surface area contributed by atoms with Crippen molar-refractivity contribution in [3.63, 3.8) is 0 Å². The van der Waals surface area contributed by atoms with Gasteiger partial charge >= 0.3 is 0 Å². The molecule has 0 aliphatic carbocycles. The van der Waals surface area contributed by atoms with E-state index in [1.165, 1.54) is 6.33 Å². The summed E-state index contributed by atoms with van der Waals surface area (Å²) in [7, 11) is -1.17. The number of aromatic nitrogens is 2. The lowest BCUT2D eigenvalue weighted by atomic mass is 10.1. The van der Waals surface area contributed by atoms with Crippen molar-refractivity contribution < 1.29 is 13.2 Å². The number of benzene rings is 1. The van der Waals surface area contributed by atoms with Gasteiger partial charge in [-0.3, -0.25) is 4.90 Å². The molecule has 4 rings (SSSR count). The van der Waals surface area contributed by atoms with Crippen LogP contribution in [0.1, 0.15) is 6.42 Å². The topological polar surface area (TPSA) is 75.6 Å². The van der Waals surface area contributed by atoms with E-state index in [4.69, 9.17) is 4.74 Å². The molecule has 0 saturated carbocycles. The molecule has 0 spiro atoms. The quantitative estimate of drug-likeness (QED) is 0.793. The lowest BCUT2D eigenvalue weighted by Gasteiger charge is -2.37. The van der Waals surface area contributed by atoms with Crippen molar-refractivity contribution >= 4 is 26.4 Å². The highest BCUT2D eigenvalue weighted by molar-refractivity contribution is 7.91. The molecule has 0 amide bonds. The molecule has 1 aromatic heterocycles. The Morgan fingerprint density at radius 2 is 2.00 bits per heavy atom. The molecule has 7 nitrogen and oxygen atoms in total. The summed E-state index contributed by atoms with van der Waals surface area (Å²) in [5.74, 6) is 1.61. The first-order valence-corrected chi connectivity index (χ1v) is 10.8. The van der Waals surface area contributed by atoms with E-state index in [0.29, 0.717) is 23.3 Å². The number of ether oxygens (including phenoxy) is 1. The molecule has 1 unspecified atom stereocenters. The van der Waals surface area contributed by atoms with E-state index in [9.17, 15) is 8.42 Å². The molecule has 2 aliphatic rings. The van der Waals surface area contributed by atoms with Gasteiger partial charge in [0.1, 0.15) is 6.33 Å². The second-order valence-electron chi connectivity index (χ2n) is 7.14. The largest absolute Gasteiger partial charge is 0.480 e. The number of nitrogens with zero attached hydrogens (tertiary/aromatic N) is 4. The van der Waals surface area contributed by atoms with Crippen LogP contribution in [-0.4, -0.2) is 74.6 Å². The van der Waals surface area contributed by atoms with Crippen molar-refractivity contribution in [1.29, 1.82) is 0 Å². The molecule has 0 N–H and O–H groups in total. The Hall–Kier alpha value is -1.93. The zero-order chi connectivity index (χ0) is 18.1. The normalized spacial score (nSPS) is 23.4. The van der Waals surface area contributed by atoms with Gasteiger partial charge in [-0.25, -0.2) is 18.4 Å². The fourth-order valence-electron chi connectivity index (χ4n) is 3.95. The first-order valence-electron chi connectivity index (χ1n) is 9.00. The molecular weight excluding hydrogens is 352 g/mol. The third-order valence-electron chi connectivity index (χ3n) is 5.36. The number of rotatable bonds is 4. The van der Waals surface area contributed by atoms with E-state index in [1.54, 1.807) is 7.11 Å². The monoisotopic (exact) mass is 376 g/mol. The Morgan fingerprint density at radius 3 is 2.69 bits per heavy atom. The SMILES string of the molecule is COc1ncnc2ccc(N3CCN(CC4CCS(=O)(=O)C4)CC3)cc12. The molecule has 8 heteroatoms. The average Bonchev–Trinajstić information content (AvgIpc) is 2.99. The first kappa shape index (κ1) is 17.5. The number of methoxy groups -OCH3 is 1. The molecule has 2 fully saturated rings. The molecule has 2 aliphatic heterocycles. The second-order valence-corrected chi connectivity index (χ2v) is 9.37. The Balaban J connectivity index is 1.41. The number of fused-ring (bicyclic) bond motifs is 1. The molecule has 2 saturated heterocycles. The smallest absolute Gasteiger partial charge is 0.224 e. The minimum atomic E-state index is -2.79. The molecule has 26 heavy (non-hydrogen) atoms. The van der Waals surface area contributed by atoms with E-state index in [1.807, 2.05) is 6.07 Å². The maximum atomic E-state index is 11.6. The highest BCUT2D eigenvalue weighted by atomic mass is 32.2. The van der Waals surface area contributed by atoms with Crippen LogP contribution in [0.3, 0.4) is 0 Å². The summed E-state index contributed by atoms with van der Waals surface area (Å²) in [5.41, 5.74) is 2.02. The predicted octanol–water partition coefficient (Wildman–Crippen LogP) is 1.20. The maximum absolute atomic E-state index is 11.6. The van der Waals surface area contributed by atoms with Crippen molar-refractivity contribution in [2.24, 2.45) is 5.92 Å². The third kappa shape index (κ3) is 3.61. The van der Waals surface area contributed by atoms with Crippen LogP contribution < -0.4 is 9.64 Å². The van der Waals surface area contributed by atoms with E-state index in [0.717, 1.165) is 55.7 Å². The van der Waals surface area contributed by atoms with Crippen LogP contribution in [0.15, 0.2) is 24.5 Å². The van der Waals surface area contributed by atoms with Crippen LogP contribution >= 0.6 is 0 Å². The van der Waals surface area contributed by atoms with Crippen molar-refractivity contribution in [3.05, 3.63) is 24.5 Å². The predicted molar refractivity (Wildman–Crippen MR) is 102 cm³/mol. The standard InChI is InChI=1S/C18H24N4O3S/c1-25-18-16-10-15(2-3-17(16)19-13-20-18)22-7-5-21(6-8-22)11-14-4-9-26(23,24)12-14/h2-3,10,13-14H,4-9,11-12H2,1H3. The van der Waals surface area contributed by atoms with Crippen molar-refractivity contribution in [3.8, 4) is 5.88 Å². The maximum Gasteiger partial charge on any atom is 0.224 e. The van der Waals surface area contributed by atoms with Crippen LogP contribution in [0.25, 0.3) is 10.9 Å². The minimum Gasteiger partial charge on any atom is -0.480 e. The minimum absolute atomic E-state index is 0.300. The van der Waals surface area contributed by atoms with Crippen molar-refractivity contribution in [2.75, 3.05) is 56.2 Å². The van der Waals surface area contributed by atoms with E-state index in [-0.39, 0.29) is 0 Å². The first-order chi connectivity index (χ1) is 12.5. The van der Waals surface area contributed by atoms with Gasteiger partial charge < -0.3 is 9.64 Å². The molecule has 1 aromatic carbocycles. The van der Waals surface area contributed by atoms with Gasteiger partial charge in [-0.2, -0.15) is 0 Å². The summed E-state index contributed by atoms with van der Waals surface area (Å²) in [4.78, 5) is 13.2. The fourth-order valence-corrected chi connectivity index (χ4v) is 5.80. The zero-order valence-electron chi connectivity index (χ0n) is 15.0. The number of hydrogen-bond donors (Lipinski definition) is 0. The molecule has 3 heterocycles. The second kappa shape index (κ2) is 7.00. The Morgan fingerprint density at radius 1 is 1.19 bits per heavy atom. The molecule has 140 valence electrons. The van der Waals surface area contributed by atoms with Gasteiger partial charge in [-0.05, 0) is 30.5 Å². The van der Waals surface area contributed by atoms with Gasteiger partial charge in [0.15, 0.2) is 9.84 Å². The van der Waals surface area contributed by atoms with Crippen molar-refractivity contribution in [1.82, 2.24) is 14.9 Å². The van der Waals surface area contributed by atoms with Gasteiger partial charge in [0.05, 0.1) is 29.5 Å². The summed E-state index contributed by atoms with van der Waals surface area (Å²) >= 11 is 0. The Bertz CT molecular complexity index is 894.